The van der Waals surface area contributed by atoms with Crippen LogP contribution in [0.15, 0.2) is 76.2 Å². The maximum absolute atomic E-state index is 12.2. The average molecular weight is 430 g/mol. The number of anilines is 1. The van der Waals surface area contributed by atoms with E-state index in [2.05, 4.69) is 26.2 Å². The van der Waals surface area contributed by atoms with Crippen LogP contribution in [-0.2, 0) is 0 Å². The molecule has 1 amide bonds. The number of phenolic OH excluding ortho intramolecular Hbond substituents is 1. The number of hydrogen-bond acceptors (Lipinski definition) is 3. The van der Waals surface area contributed by atoms with Crippen LogP contribution in [0, 0.1) is 0 Å². The molecule has 0 aromatic heterocycles. The third-order valence-corrected chi connectivity index (χ3v) is 4.47. The van der Waals surface area contributed by atoms with Crippen molar-refractivity contribution in [2.24, 2.45) is 4.99 Å². The van der Waals surface area contributed by atoms with Gasteiger partial charge in [-0.05, 0) is 64.5 Å². The zero-order valence-electron chi connectivity index (χ0n) is 13.5. The predicted octanol–water partition coefficient (Wildman–Crippen LogP) is 5.81. The van der Waals surface area contributed by atoms with E-state index in [1.165, 1.54) is 12.3 Å². The number of phenols is 1. The summed E-state index contributed by atoms with van der Waals surface area (Å²) in [6.07, 6.45) is 1.53. The molecular formula is C20H14BrClN2O2. The van der Waals surface area contributed by atoms with E-state index >= 15 is 0 Å². The molecule has 3 aromatic carbocycles. The molecule has 3 rings (SSSR count). The molecule has 0 aliphatic carbocycles. The molecule has 0 radical (unpaired) electrons. The summed E-state index contributed by atoms with van der Waals surface area (Å²) in [5.41, 5.74) is 2.41. The number of nitrogens with zero attached hydrogens (tertiary/aromatic N) is 1. The first-order valence-corrected chi connectivity index (χ1v) is 8.88. The van der Waals surface area contributed by atoms with E-state index in [0.29, 0.717) is 32.0 Å². The largest absolute Gasteiger partial charge is 0.507 e. The van der Waals surface area contributed by atoms with Gasteiger partial charge in [-0.3, -0.25) is 9.79 Å². The van der Waals surface area contributed by atoms with Gasteiger partial charge in [0.15, 0.2) is 0 Å². The fraction of sp³-hybridized carbons (Fsp3) is 0. The van der Waals surface area contributed by atoms with E-state index in [4.69, 9.17) is 11.6 Å². The van der Waals surface area contributed by atoms with Crippen LogP contribution in [0.25, 0.3) is 0 Å². The van der Waals surface area contributed by atoms with Crippen molar-refractivity contribution in [2.45, 2.75) is 0 Å². The van der Waals surface area contributed by atoms with Crippen molar-refractivity contribution in [2.75, 3.05) is 5.32 Å². The summed E-state index contributed by atoms with van der Waals surface area (Å²) in [5.74, 6) is -0.0876. The van der Waals surface area contributed by atoms with Crippen LogP contribution >= 0.6 is 27.5 Å². The highest BCUT2D eigenvalue weighted by Gasteiger charge is 2.08. The molecule has 26 heavy (non-hydrogen) atoms. The highest BCUT2D eigenvalue weighted by Crippen LogP contribution is 2.28. The van der Waals surface area contributed by atoms with Gasteiger partial charge in [-0.2, -0.15) is 0 Å². The number of carbonyl (C=O) groups excluding carboxylic acids is 1. The normalized spacial score (nSPS) is 10.8. The molecule has 130 valence electrons. The Morgan fingerprint density at radius 2 is 1.85 bits per heavy atom. The van der Waals surface area contributed by atoms with Gasteiger partial charge >= 0.3 is 0 Å². The first-order valence-electron chi connectivity index (χ1n) is 7.71. The minimum atomic E-state index is -0.189. The first kappa shape index (κ1) is 18.2. The van der Waals surface area contributed by atoms with E-state index in [0.717, 1.165) is 0 Å². The Morgan fingerprint density at radius 3 is 2.58 bits per heavy atom. The standard InChI is InChI=1S/C20H14BrClN2O2/c21-17-11-16(23-12-14-10-15(22)6-9-19(14)25)7-8-18(17)24-20(26)13-4-2-1-3-5-13/h1-12,25H,(H,24,26). The monoisotopic (exact) mass is 428 g/mol. The van der Waals surface area contributed by atoms with Crippen LogP contribution in [0.2, 0.25) is 5.02 Å². The lowest BCUT2D eigenvalue weighted by atomic mass is 10.2. The number of aromatic hydroxyl groups is 1. The van der Waals surface area contributed by atoms with Crippen LogP contribution in [0.5, 0.6) is 5.75 Å². The van der Waals surface area contributed by atoms with Crippen molar-refractivity contribution in [3.8, 4) is 5.75 Å². The fourth-order valence-electron chi connectivity index (χ4n) is 2.24. The fourth-order valence-corrected chi connectivity index (χ4v) is 2.89. The lowest BCUT2D eigenvalue weighted by Gasteiger charge is -2.08. The summed E-state index contributed by atoms with van der Waals surface area (Å²) < 4.78 is 0.701. The van der Waals surface area contributed by atoms with Gasteiger partial charge < -0.3 is 10.4 Å². The van der Waals surface area contributed by atoms with Gasteiger partial charge in [0.2, 0.25) is 0 Å². The average Bonchev–Trinajstić information content (AvgIpc) is 2.65. The molecule has 6 heteroatoms. The second kappa shape index (κ2) is 8.17. The molecule has 0 saturated carbocycles. The van der Waals surface area contributed by atoms with Gasteiger partial charge in [0.1, 0.15) is 5.75 Å². The van der Waals surface area contributed by atoms with E-state index in [9.17, 15) is 9.90 Å². The number of rotatable bonds is 4. The van der Waals surface area contributed by atoms with Crippen molar-refractivity contribution >= 4 is 51.0 Å². The van der Waals surface area contributed by atoms with Gasteiger partial charge in [0, 0.05) is 26.8 Å². The van der Waals surface area contributed by atoms with Crippen LogP contribution in [0.1, 0.15) is 15.9 Å². The van der Waals surface area contributed by atoms with Gasteiger partial charge in [-0.15, -0.1) is 0 Å². The van der Waals surface area contributed by atoms with Crippen molar-refractivity contribution in [1.82, 2.24) is 0 Å². The summed E-state index contributed by atoms with van der Waals surface area (Å²) in [6.45, 7) is 0. The van der Waals surface area contributed by atoms with Crippen LogP contribution in [0.4, 0.5) is 11.4 Å². The lowest BCUT2D eigenvalue weighted by molar-refractivity contribution is 0.102. The molecule has 2 N–H and O–H groups in total. The Balaban J connectivity index is 1.76. The number of nitrogens with one attached hydrogen (secondary N) is 1. The quantitative estimate of drug-likeness (QED) is 0.514. The zero-order chi connectivity index (χ0) is 18.5. The number of amides is 1. The molecular weight excluding hydrogens is 416 g/mol. The van der Waals surface area contributed by atoms with E-state index < -0.39 is 0 Å². The number of benzene rings is 3. The molecule has 4 nitrogen and oxygen atoms in total. The molecule has 0 bridgehead atoms. The summed E-state index contributed by atoms with van der Waals surface area (Å²) in [7, 11) is 0. The van der Waals surface area contributed by atoms with Gasteiger partial charge in [-0.1, -0.05) is 29.8 Å². The molecule has 0 unspecified atom stereocenters. The second-order valence-corrected chi connectivity index (χ2v) is 6.74. The highest BCUT2D eigenvalue weighted by atomic mass is 79.9. The molecule has 0 atom stereocenters. The Hall–Kier alpha value is -2.63. The van der Waals surface area contributed by atoms with E-state index in [-0.39, 0.29) is 11.7 Å². The molecule has 0 fully saturated rings. The summed E-state index contributed by atoms with van der Waals surface area (Å²) >= 11 is 9.36. The minimum Gasteiger partial charge on any atom is -0.507 e. The zero-order valence-corrected chi connectivity index (χ0v) is 15.8. The highest BCUT2D eigenvalue weighted by molar-refractivity contribution is 9.10. The van der Waals surface area contributed by atoms with Gasteiger partial charge in [0.25, 0.3) is 5.91 Å². The third-order valence-electron chi connectivity index (χ3n) is 3.58. The van der Waals surface area contributed by atoms with Gasteiger partial charge in [0.05, 0.1) is 11.4 Å². The topological polar surface area (TPSA) is 61.7 Å². The number of halogens is 2. The number of carbonyl (C=O) groups is 1. The third kappa shape index (κ3) is 4.50. The SMILES string of the molecule is O=C(Nc1ccc(N=Cc2cc(Cl)ccc2O)cc1Br)c1ccccc1. The molecule has 0 aliphatic heterocycles. The summed E-state index contributed by atoms with van der Waals surface area (Å²) in [6, 6.07) is 19.0. The molecule has 0 spiro atoms. The smallest absolute Gasteiger partial charge is 0.255 e. The first-order chi connectivity index (χ1) is 12.5. The second-order valence-electron chi connectivity index (χ2n) is 5.45. The minimum absolute atomic E-state index is 0.101. The predicted molar refractivity (Wildman–Crippen MR) is 109 cm³/mol. The number of aliphatic imine (C=N–C) groups is 1. The Morgan fingerprint density at radius 1 is 1.08 bits per heavy atom. The maximum atomic E-state index is 12.2. The molecule has 0 heterocycles. The van der Waals surface area contributed by atoms with E-state index in [1.807, 2.05) is 18.2 Å². The molecule has 3 aromatic rings. The van der Waals surface area contributed by atoms with Crippen molar-refractivity contribution in [1.29, 1.82) is 0 Å². The summed E-state index contributed by atoms with van der Waals surface area (Å²) in [4.78, 5) is 16.6. The maximum Gasteiger partial charge on any atom is 0.255 e. The molecule has 0 saturated heterocycles. The van der Waals surface area contributed by atoms with Gasteiger partial charge in [-0.25, -0.2) is 0 Å². The van der Waals surface area contributed by atoms with Crippen LogP contribution in [-0.4, -0.2) is 17.2 Å². The Kier molecular flexibility index (Phi) is 5.71. The van der Waals surface area contributed by atoms with E-state index in [1.54, 1.807) is 42.5 Å². The molecule has 0 aliphatic rings. The summed E-state index contributed by atoms with van der Waals surface area (Å²) in [5, 5.41) is 13.2. The number of hydrogen-bond donors (Lipinski definition) is 2. The van der Waals surface area contributed by atoms with Crippen molar-refractivity contribution in [3.05, 3.63) is 87.4 Å². The van der Waals surface area contributed by atoms with Crippen LogP contribution in [0.3, 0.4) is 0 Å². The van der Waals surface area contributed by atoms with Crippen molar-refractivity contribution in [3.63, 3.8) is 0 Å². The Labute approximate surface area is 164 Å². The van der Waals surface area contributed by atoms with Crippen molar-refractivity contribution < 1.29 is 9.90 Å². The van der Waals surface area contributed by atoms with Crippen LogP contribution < -0.4 is 5.32 Å². The Bertz CT molecular complexity index is 975. The lowest BCUT2D eigenvalue weighted by Crippen LogP contribution is -2.11.